The quantitative estimate of drug-likeness (QED) is 0.452. The molecule has 2 unspecified atom stereocenters. The Hall–Kier alpha value is -0.940. The van der Waals surface area contributed by atoms with Crippen LogP contribution in [0.4, 0.5) is 0 Å². The minimum atomic E-state index is -0.632. The third kappa shape index (κ3) is 6.56. The maximum atomic E-state index is 11.2. The average Bonchev–Trinajstić information content (AvgIpc) is 2.14. The van der Waals surface area contributed by atoms with Crippen molar-refractivity contribution in [2.75, 3.05) is 19.7 Å². The van der Waals surface area contributed by atoms with Crippen molar-refractivity contribution >= 4 is 12.2 Å². The third-order valence-corrected chi connectivity index (χ3v) is 1.43. The van der Waals surface area contributed by atoms with E-state index in [0.29, 0.717) is 13.1 Å². The molecule has 0 bridgehead atoms. The molecule has 0 aromatic rings. The van der Waals surface area contributed by atoms with Crippen LogP contribution in [0.1, 0.15) is 13.8 Å². The number of esters is 1. The van der Waals surface area contributed by atoms with Crippen LogP contribution in [-0.4, -0.2) is 43.1 Å². The fourth-order valence-electron chi connectivity index (χ4n) is 0.702. The Morgan fingerprint density at radius 3 is 2.79 bits per heavy atom. The molecule has 0 aromatic heterocycles. The Morgan fingerprint density at radius 1 is 1.64 bits per heavy atom. The van der Waals surface area contributed by atoms with Crippen LogP contribution in [-0.2, 0) is 9.53 Å². The summed E-state index contributed by atoms with van der Waals surface area (Å²) in [4.78, 5) is 15.1. The summed E-state index contributed by atoms with van der Waals surface area (Å²) in [6.07, 6.45) is 0.879. The lowest BCUT2D eigenvalue weighted by atomic mass is 10.2. The molecule has 0 amide bonds. The van der Waals surface area contributed by atoms with Crippen molar-refractivity contribution < 1.29 is 14.6 Å². The van der Waals surface area contributed by atoms with Crippen molar-refractivity contribution in [1.82, 2.24) is 0 Å². The van der Waals surface area contributed by atoms with Gasteiger partial charge in [0.15, 0.2) is 0 Å². The summed E-state index contributed by atoms with van der Waals surface area (Å²) in [6.45, 7) is 4.23. The summed E-state index contributed by atoms with van der Waals surface area (Å²) in [6, 6.07) is 0. The van der Waals surface area contributed by atoms with Crippen LogP contribution in [0, 0.1) is 5.92 Å². The summed E-state index contributed by atoms with van der Waals surface area (Å²) < 4.78 is 4.78. The van der Waals surface area contributed by atoms with Crippen LogP contribution >= 0.6 is 0 Å². The van der Waals surface area contributed by atoms with E-state index in [-0.39, 0.29) is 18.5 Å². The zero-order valence-electron chi connectivity index (χ0n) is 8.64. The zero-order valence-corrected chi connectivity index (χ0v) is 8.64. The van der Waals surface area contributed by atoms with Crippen LogP contribution in [0.5, 0.6) is 0 Å². The number of rotatable bonds is 6. The number of ether oxygens (including phenoxy) is 1. The highest BCUT2D eigenvalue weighted by Gasteiger charge is 2.12. The minimum Gasteiger partial charge on any atom is -0.462 e. The standard InChI is InChI=1S/C9H18N2O3/c1-7(5-11-4-3-10)9(13)14-6-8(2)12/h5,7-8,12H,3-4,6,10H2,1-2H3. The molecule has 5 nitrogen and oxygen atoms in total. The van der Waals surface area contributed by atoms with E-state index < -0.39 is 6.10 Å². The predicted octanol–water partition coefficient (Wildman–Crippen LogP) is -0.424. The summed E-state index contributed by atoms with van der Waals surface area (Å²) in [5.74, 6) is -0.771. The predicted molar refractivity (Wildman–Crippen MR) is 54.2 cm³/mol. The lowest BCUT2D eigenvalue weighted by Gasteiger charge is -2.08. The normalized spacial score (nSPS) is 15.4. The number of carbonyl (C=O) groups excluding carboxylic acids is 1. The molecule has 0 aliphatic rings. The second-order valence-electron chi connectivity index (χ2n) is 3.11. The van der Waals surface area contributed by atoms with Gasteiger partial charge in [0.2, 0.25) is 0 Å². The molecule has 5 heteroatoms. The highest BCUT2D eigenvalue weighted by atomic mass is 16.5. The van der Waals surface area contributed by atoms with Gasteiger partial charge in [-0.25, -0.2) is 0 Å². The van der Waals surface area contributed by atoms with Gasteiger partial charge in [-0.05, 0) is 13.8 Å². The van der Waals surface area contributed by atoms with E-state index in [0.717, 1.165) is 0 Å². The zero-order chi connectivity index (χ0) is 11.0. The van der Waals surface area contributed by atoms with Crippen LogP contribution < -0.4 is 5.73 Å². The Kier molecular flexibility index (Phi) is 6.96. The lowest BCUT2D eigenvalue weighted by molar-refractivity contribution is -0.148. The van der Waals surface area contributed by atoms with Crippen molar-refractivity contribution in [2.45, 2.75) is 20.0 Å². The second kappa shape index (κ2) is 7.46. The van der Waals surface area contributed by atoms with E-state index in [9.17, 15) is 4.79 Å². The molecule has 14 heavy (non-hydrogen) atoms. The van der Waals surface area contributed by atoms with E-state index in [1.165, 1.54) is 6.21 Å². The number of aliphatic hydroxyl groups excluding tert-OH is 1. The van der Waals surface area contributed by atoms with Crippen LogP contribution in [0.15, 0.2) is 4.99 Å². The van der Waals surface area contributed by atoms with E-state index in [1.54, 1.807) is 13.8 Å². The maximum Gasteiger partial charge on any atom is 0.314 e. The van der Waals surface area contributed by atoms with Crippen molar-refractivity contribution in [3.63, 3.8) is 0 Å². The van der Waals surface area contributed by atoms with Crippen LogP contribution in [0.25, 0.3) is 0 Å². The monoisotopic (exact) mass is 202 g/mol. The van der Waals surface area contributed by atoms with E-state index in [4.69, 9.17) is 15.6 Å². The van der Waals surface area contributed by atoms with E-state index in [2.05, 4.69) is 4.99 Å². The number of carbonyl (C=O) groups is 1. The molecule has 0 rings (SSSR count). The average molecular weight is 202 g/mol. The molecule has 0 spiro atoms. The van der Waals surface area contributed by atoms with Crippen molar-refractivity contribution in [2.24, 2.45) is 16.6 Å². The molecular formula is C9H18N2O3. The lowest BCUT2D eigenvalue weighted by Crippen LogP contribution is -2.21. The fraction of sp³-hybridized carbons (Fsp3) is 0.778. The number of nitrogens with zero attached hydrogens (tertiary/aromatic N) is 1. The van der Waals surface area contributed by atoms with Crippen molar-refractivity contribution in [3.05, 3.63) is 0 Å². The largest absolute Gasteiger partial charge is 0.462 e. The van der Waals surface area contributed by atoms with Crippen molar-refractivity contribution in [1.29, 1.82) is 0 Å². The molecule has 0 saturated heterocycles. The summed E-state index contributed by atoms with van der Waals surface area (Å²) in [7, 11) is 0. The SMILES string of the molecule is CC(O)COC(=O)C(C)C=NCCN. The Morgan fingerprint density at radius 2 is 2.29 bits per heavy atom. The topological polar surface area (TPSA) is 84.9 Å². The van der Waals surface area contributed by atoms with Gasteiger partial charge in [-0.2, -0.15) is 0 Å². The first-order valence-electron chi connectivity index (χ1n) is 4.62. The van der Waals surface area contributed by atoms with Gasteiger partial charge in [0, 0.05) is 12.8 Å². The molecule has 0 aliphatic heterocycles. The molecule has 0 aliphatic carbocycles. The first kappa shape index (κ1) is 13.1. The Bertz CT molecular complexity index is 192. The summed E-state index contributed by atoms with van der Waals surface area (Å²) in [5, 5.41) is 8.87. The number of hydrogen-bond acceptors (Lipinski definition) is 5. The molecule has 0 saturated carbocycles. The van der Waals surface area contributed by atoms with Gasteiger partial charge in [0.05, 0.1) is 18.6 Å². The second-order valence-corrected chi connectivity index (χ2v) is 3.11. The molecule has 82 valence electrons. The van der Waals surface area contributed by atoms with Crippen LogP contribution in [0.2, 0.25) is 0 Å². The summed E-state index contributed by atoms with van der Waals surface area (Å²) in [5.41, 5.74) is 5.23. The van der Waals surface area contributed by atoms with Gasteiger partial charge in [-0.1, -0.05) is 0 Å². The molecule has 3 N–H and O–H groups in total. The number of hydrogen-bond donors (Lipinski definition) is 2. The highest BCUT2D eigenvalue weighted by Crippen LogP contribution is 1.96. The number of aliphatic imine (C=N–C) groups is 1. The van der Waals surface area contributed by atoms with Gasteiger partial charge in [0.1, 0.15) is 6.61 Å². The first-order valence-corrected chi connectivity index (χ1v) is 4.62. The van der Waals surface area contributed by atoms with Gasteiger partial charge in [0.25, 0.3) is 0 Å². The van der Waals surface area contributed by atoms with Gasteiger partial charge >= 0.3 is 5.97 Å². The Labute approximate surface area is 84.0 Å². The molecular weight excluding hydrogens is 184 g/mol. The summed E-state index contributed by atoms with van der Waals surface area (Å²) >= 11 is 0. The van der Waals surface area contributed by atoms with Crippen molar-refractivity contribution in [3.8, 4) is 0 Å². The van der Waals surface area contributed by atoms with Gasteiger partial charge in [-0.3, -0.25) is 9.79 Å². The van der Waals surface area contributed by atoms with E-state index >= 15 is 0 Å². The number of nitrogens with two attached hydrogens (primary N) is 1. The molecule has 0 radical (unpaired) electrons. The maximum absolute atomic E-state index is 11.2. The molecule has 2 atom stereocenters. The molecule has 0 fully saturated rings. The smallest absolute Gasteiger partial charge is 0.314 e. The van der Waals surface area contributed by atoms with E-state index in [1.807, 2.05) is 0 Å². The first-order chi connectivity index (χ1) is 6.57. The highest BCUT2D eigenvalue weighted by molar-refractivity contribution is 5.89. The van der Waals surface area contributed by atoms with Gasteiger partial charge in [-0.15, -0.1) is 0 Å². The molecule has 0 heterocycles. The number of aliphatic hydroxyl groups is 1. The fourth-order valence-corrected chi connectivity index (χ4v) is 0.702. The Balaban J connectivity index is 3.75. The third-order valence-electron chi connectivity index (χ3n) is 1.43. The minimum absolute atomic E-state index is 0.0217. The molecule has 0 aromatic carbocycles. The van der Waals surface area contributed by atoms with Crippen LogP contribution in [0.3, 0.4) is 0 Å². The van der Waals surface area contributed by atoms with Gasteiger partial charge < -0.3 is 15.6 Å².